The van der Waals surface area contributed by atoms with Crippen molar-refractivity contribution in [3.05, 3.63) is 59.7 Å². The van der Waals surface area contributed by atoms with Gasteiger partial charge in [-0.1, -0.05) is 48.5 Å². The van der Waals surface area contributed by atoms with Crippen LogP contribution in [-0.4, -0.2) is 54.3 Å². The highest BCUT2D eigenvalue weighted by molar-refractivity contribution is 7.99. The Kier molecular flexibility index (Phi) is 8.98. The highest BCUT2D eigenvalue weighted by atomic mass is 32.2. The molecule has 170 valence electrons. The van der Waals surface area contributed by atoms with Crippen molar-refractivity contribution in [2.24, 2.45) is 0 Å². The molecule has 0 bridgehead atoms. The number of unbranched alkanes of at least 4 members (excludes halogenated alkanes) is 1. The second-order valence-corrected chi connectivity index (χ2v) is 8.61. The molecule has 0 unspecified atom stereocenters. The average Bonchev–Trinajstić information content (AvgIpc) is 3.11. The van der Waals surface area contributed by atoms with E-state index in [-0.39, 0.29) is 24.2 Å². The number of carboxylic acids is 1. The molecule has 1 aliphatic carbocycles. The van der Waals surface area contributed by atoms with Crippen molar-refractivity contribution in [2.75, 3.05) is 31.2 Å². The number of nitrogens with one attached hydrogen (secondary N) is 2. The van der Waals surface area contributed by atoms with Crippen molar-refractivity contribution in [1.29, 1.82) is 0 Å². The molecular weight excluding hydrogens is 428 g/mol. The molecule has 1 aliphatic rings. The van der Waals surface area contributed by atoms with Gasteiger partial charge in [-0.25, -0.2) is 4.79 Å². The molecule has 3 N–H and O–H groups in total. The fourth-order valence-electron chi connectivity index (χ4n) is 3.76. The number of hydrogen-bond donors (Lipinski definition) is 3. The van der Waals surface area contributed by atoms with Crippen molar-refractivity contribution in [3.63, 3.8) is 0 Å². The number of thioether (sulfide) groups is 1. The number of fused-ring (bicyclic) bond motifs is 3. The molecule has 3 rings (SSSR count). The monoisotopic (exact) mass is 456 g/mol. The lowest BCUT2D eigenvalue weighted by Gasteiger charge is -2.14. The first-order valence-electron chi connectivity index (χ1n) is 10.7. The fraction of sp³-hybridized carbons (Fsp3) is 0.375. The van der Waals surface area contributed by atoms with Crippen LogP contribution in [0, 0.1) is 0 Å². The van der Waals surface area contributed by atoms with Crippen LogP contribution in [0.3, 0.4) is 0 Å². The largest absolute Gasteiger partial charge is 0.481 e. The molecule has 32 heavy (non-hydrogen) atoms. The summed E-state index contributed by atoms with van der Waals surface area (Å²) < 4.78 is 5.49. The van der Waals surface area contributed by atoms with Gasteiger partial charge in [0, 0.05) is 31.2 Å². The third-order valence-corrected chi connectivity index (χ3v) is 6.18. The van der Waals surface area contributed by atoms with Crippen molar-refractivity contribution in [2.45, 2.75) is 25.2 Å². The Balaban J connectivity index is 1.30. The Morgan fingerprint density at radius 3 is 2.22 bits per heavy atom. The predicted molar refractivity (Wildman–Crippen MR) is 125 cm³/mol. The lowest BCUT2D eigenvalue weighted by atomic mass is 9.98. The van der Waals surface area contributed by atoms with E-state index in [0.29, 0.717) is 38.1 Å². The summed E-state index contributed by atoms with van der Waals surface area (Å²) in [5.74, 6) is -0.281. The first-order chi connectivity index (χ1) is 15.6. The molecule has 0 heterocycles. The number of alkyl carbamates (subject to hydrolysis) is 1. The third kappa shape index (κ3) is 6.75. The van der Waals surface area contributed by atoms with Crippen LogP contribution in [0.2, 0.25) is 0 Å². The van der Waals surface area contributed by atoms with E-state index in [1.165, 1.54) is 34.0 Å². The summed E-state index contributed by atoms with van der Waals surface area (Å²) in [6, 6.07) is 16.4. The number of hydrogen-bond acceptors (Lipinski definition) is 5. The second kappa shape index (κ2) is 12.1. The average molecular weight is 457 g/mol. The maximum atomic E-state index is 12.1. The maximum absolute atomic E-state index is 12.1. The quantitative estimate of drug-likeness (QED) is 0.421. The van der Waals surface area contributed by atoms with Gasteiger partial charge in [0.1, 0.15) is 6.61 Å². The van der Waals surface area contributed by atoms with Gasteiger partial charge in [-0.2, -0.15) is 0 Å². The molecule has 0 atom stereocenters. The molecule has 2 aromatic carbocycles. The third-order valence-electron chi connectivity index (χ3n) is 5.24. The molecule has 0 saturated carbocycles. The van der Waals surface area contributed by atoms with Crippen LogP contribution in [0.15, 0.2) is 48.5 Å². The highest BCUT2D eigenvalue weighted by Crippen LogP contribution is 2.44. The zero-order valence-electron chi connectivity index (χ0n) is 17.8. The maximum Gasteiger partial charge on any atom is 0.407 e. The molecule has 0 radical (unpaired) electrons. The van der Waals surface area contributed by atoms with E-state index in [4.69, 9.17) is 9.84 Å². The number of carbonyl (C=O) groups is 3. The topological polar surface area (TPSA) is 105 Å². The van der Waals surface area contributed by atoms with Gasteiger partial charge in [-0.05, 0) is 35.1 Å². The van der Waals surface area contributed by atoms with Gasteiger partial charge in [0.25, 0.3) is 0 Å². The van der Waals surface area contributed by atoms with Crippen molar-refractivity contribution in [3.8, 4) is 11.1 Å². The Labute approximate surface area is 191 Å². The first-order valence-corrected chi connectivity index (χ1v) is 11.9. The molecule has 7 nitrogen and oxygen atoms in total. The SMILES string of the molecule is O=C(O)CSCCNC(=O)CCCCNC(=O)OCC1c2ccccc2-c2ccccc21. The number of carbonyl (C=O) groups excluding carboxylic acids is 2. The van der Waals surface area contributed by atoms with E-state index in [1.54, 1.807) is 0 Å². The Morgan fingerprint density at radius 1 is 0.906 bits per heavy atom. The minimum Gasteiger partial charge on any atom is -0.481 e. The van der Waals surface area contributed by atoms with E-state index in [2.05, 4.69) is 34.9 Å². The van der Waals surface area contributed by atoms with Crippen molar-refractivity contribution in [1.82, 2.24) is 10.6 Å². The van der Waals surface area contributed by atoms with Crippen LogP contribution in [0.1, 0.15) is 36.3 Å². The van der Waals surface area contributed by atoms with Gasteiger partial charge in [0.15, 0.2) is 0 Å². The van der Waals surface area contributed by atoms with E-state index in [1.807, 2.05) is 24.3 Å². The second-order valence-electron chi connectivity index (χ2n) is 7.51. The zero-order valence-corrected chi connectivity index (χ0v) is 18.7. The summed E-state index contributed by atoms with van der Waals surface area (Å²) in [5, 5.41) is 14.1. The number of ether oxygens (including phenoxy) is 1. The summed E-state index contributed by atoms with van der Waals surface area (Å²) in [6.45, 7) is 1.18. The van der Waals surface area contributed by atoms with E-state index < -0.39 is 12.1 Å². The highest BCUT2D eigenvalue weighted by Gasteiger charge is 2.28. The van der Waals surface area contributed by atoms with Crippen LogP contribution in [0.5, 0.6) is 0 Å². The van der Waals surface area contributed by atoms with Crippen LogP contribution in [-0.2, 0) is 14.3 Å². The number of amides is 2. The lowest BCUT2D eigenvalue weighted by Crippen LogP contribution is -2.28. The van der Waals surface area contributed by atoms with Crippen molar-refractivity contribution >= 4 is 29.7 Å². The Hall–Kier alpha value is -3.00. The molecule has 0 aliphatic heterocycles. The van der Waals surface area contributed by atoms with E-state index in [9.17, 15) is 14.4 Å². The smallest absolute Gasteiger partial charge is 0.407 e. The van der Waals surface area contributed by atoms with Gasteiger partial charge in [-0.3, -0.25) is 9.59 Å². The van der Waals surface area contributed by atoms with Crippen molar-refractivity contribution < 1.29 is 24.2 Å². The van der Waals surface area contributed by atoms with Gasteiger partial charge < -0.3 is 20.5 Å². The predicted octanol–water partition coefficient (Wildman–Crippen LogP) is 3.63. The Bertz CT molecular complexity index is 904. The normalized spacial score (nSPS) is 12.0. The number of rotatable bonds is 12. The van der Waals surface area contributed by atoms with Gasteiger partial charge in [0.05, 0.1) is 5.75 Å². The summed E-state index contributed by atoms with van der Waals surface area (Å²) >= 11 is 1.27. The zero-order chi connectivity index (χ0) is 22.8. The van der Waals surface area contributed by atoms with Crippen LogP contribution in [0.4, 0.5) is 4.79 Å². The molecule has 0 aromatic heterocycles. The molecule has 2 aromatic rings. The fourth-order valence-corrected chi connectivity index (χ4v) is 4.33. The number of aliphatic carboxylic acids is 1. The summed E-state index contributed by atoms with van der Waals surface area (Å²) in [6.07, 6.45) is 1.24. The Morgan fingerprint density at radius 2 is 1.56 bits per heavy atom. The number of benzene rings is 2. The van der Waals surface area contributed by atoms with E-state index >= 15 is 0 Å². The minimum atomic E-state index is -0.856. The van der Waals surface area contributed by atoms with E-state index in [0.717, 1.165) is 0 Å². The molecule has 0 saturated heterocycles. The minimum absolute atomic E-state index is 0.0329. The van der Waals surface area contributed by atoms with Crippen LogP contribution in [0.25, 0.3) is 11.1 Å². The molecule has 2 amide bonds. The number of carboxylic acid groups (broad SMARTS) is 1. The van der Waals surface area contributed by atoms with Gasteiger partial charge in [-0.15, -0.1) is 11.8 Å². The molecular formula is C24H28N2O5S. The standard InChI is InChI=1S/C24H28N2O5S/c27-22(25-13-14-32-16-23(28)29)11-5-6-12-26-24(30)31-15-21-19-9-3-1-7-17(19)18-8-2-4-10-20(18)21/h1-4,7-10,21H,5-6,11-16H2,(H,25,27)(H,26,30)(H,28,29). The lowest BCUT2D eigenvalue weighted by molar-refractivity contribution is -0.133. The van der Waals surface area contributed by atoms with Gasteiger partial charge in [0.2, 0.25) is 5.91 Å². The summed E-state index contributed by atoms with van der Waals surface area (Å²) in [5.41, 5.74) is 4.73. The molecule has 0 fully saturated rings. The molecule has 8 heteroatoms. The summed E-state index contributed by atoms with van der Waals surface area (Å²) in [4.78, 5) is 34.3. The van der Waals surface area contributed by atoms with Crippen LogP contribution < -0.4 is 10.6 Å². The van der Waals surface area contributed by atoms with Crippen LogP contribution >= 0.6 is 11.8 Å². The molecule has 0 spiro atoms. The van der Waals surface area contributed by atoms with Gasteiger partial charge >= 0.3 is 12.1 Å². The summed E-state index contributed by atoms with van der Waals surface area (Å²) in [7, 11) is 0. The first kappa shape index (κ1) is 23.7.